The first-order chi connectivity index (χ1) is 40.5. The average Bonchev–Trinajstić information content (AvgIpc) is 0.806. The molecular weight excluding hydrogens is 1210 g/mol. The number of hydrogen-bond acceptors (Lipinski definition) is 18. The van der Waals surface area contributed by atoms with E-state index in [0.29, 0.717) is 23.5 Å². The zero-order chi connectivity index (χ0) is 65.1. The summed E-state index contributed by atoms with van der Waals surface area (Å²) >= 11 is 17.9. The summed E-state index contributed by atoms with van der Waals surface area (Å²) in [6, 6.07) is 13.1. The van der Waals surface area contributed by atoms with Gasteiger partial charge in [-0.1, -0.05) is 98.9 Å². The van der Waals surface area contributed by atoms with Crippen LogP contribution in [-0.2, 0) is 28.5 Å². The Balaban J connectivity index is 0.000000232. The van der Waals surface area contributed by atoms with Crippen LogP contribution in [-0.4, -0.2) is 139 Å². The lowest BCUT2D eigenvalue weighted by molar-refractivity contribution is -0.386. The number of ether oxygens (including phenoxy) is 4. The fourth-order valence-electron chi connectivity index (χ4n) is 9.74. The topological polar surface area (TPSA) is 283 Å². The monoisotopic (exact) mass is 1270 g/mol. The molecule has 0 bridgehead atoms. The van der Waals surface area contributed by atoms with E-state index >= 15 is 4.39 Å². The third-order valence-corrected chi connectivity index (χ3v) is 14.7. The molecule has 0 saturated carbocycles. The number of carbonyl (C=O) groups is 4. The quantitative estimate of drug-likeness (QED) is 0.0463. The first kappa shape index (κ1) is 68.0. The van der Waals surface area contributed by atoms with E-state index in [1.165, 1.54) is 16.9 Å². The van der Waals surface area contributed by atoms with Crippen molar-refractivity contribution in [1.82, 2.24) is 34.2 Å². The normalized spacial score (nSPS) is 17.0. The standard InChI is InChI=1S/C29H33ClFN5O7.C17H12Cl2FN3O3.C12H22N2O4/c1-15(2)17-10-8-9-11-20(17)35-25-18(12-19(31)24(30)32-25)22(23(26(35)37)36(40)41)34-13-16(3)33(14-21(34)27(38)42-7)28(39)43-29(4,5)6;1-8(2)9-5-3-4-6-12(9)22-16-10(7-11(20)15(19)21-16)13(18)14(17(22)24)23(25)26;1-8-6-13-9(10(15)17-5)7-14(8)11(16)18-12(2,3)4/h8-12,15-16,21H,13-14H2,1-7H3;3-8H,1-2H3;8-9,13H,6-7H2,1-5H3/t16-,21-;;8-,9-/m1.1/s1. The first-order valence-corrected chi connectivity index (χ1v) is 28.4. The van der Waals surface area contributed by atoms with Crippen molar-refractivity contribution in [2.24, 2.45) is 0 Å². The Morgan fingerprint density at radius 1 is 0.655 bits per heavy atom. The summed E-state index contributed by atoms with van der Waals surface area (Å²) in [5.74, 6) is -3.16. The summed E-state index contributed by atoms with van der Waals surface area (Å²) in [6.07, 6.45) is -1.10. The van der Waals surface area contributed by atoms with Crippen molar-refractivity contribution in [3.05, 3.63) is 140 Å². The number of methoxy groups -OCH3 is 2. The molecule has 2 aliphatic rings. The predicted octanol–water partition coefficient (Wildman–Crippen LogP) is 10.8. The Morgan fingerprint density at radius 3 is 1.52 bits per heavy atom. The average molecular weight is 1270 g/mol. The summed E-state index contributed by atoms with van der Waals surface area (Å²) in [5, 5.41) is 25.4. The van der Waals surface area contributed by atoms with E-state index in [2.05, 4.69) is 20.0 Å². The minimum Gasteiger partial charge on any atom is -0.468 e. The van der Waals surface area contributed by atoms with Crippen LogP contribution in [0, 0.1) is 31.9 Å². The van der Waals surface area contributed by atoms with Crippen molar-refractivity contribution in [2.75, 3.05) is 45.3 Å². The molecule has 0 radical (unpaired) electrons. The van der Waals surface area contributed by atoms with Gasteiger partial charge in [-0.25, -0.2) is 33.1 Å². The highest BCUT2D eigenvalue weighted by molar-refractivity contribution is 6.37. The molecule has 2 amide bonds. The van der Waals surface area contributed by atoms with Crippen molar-refractivity contribution < 1.29 is 56.8 Å². The number of para-hydroxylation sites is 2. The van der Waals surface area contributed by atoms with Crippen LogP contribution in [0.4, 0.5) is 35.4 Å². The zero-order valence-electron chi connectivity index (χ0n) is 50.2. The van der Waals surface area contributed by atoms with Crippen LogP contribution in [0.3, 0.4) is 0 Å². The number of piperazine rings is 2. The Hall–Kier alpha value is -8.07. The van der Waals surface area contributed by atoms with E-state index in [4.69, 9.17) is 49.0 Å². The lowest BCUT2D eigenvalue weighted by Crippen LogP contribution is -2.62. The van der Waals surface area contributed by atoms with Gasteiger partial charge in [-0.2, -0.15) is 0 Å². The molecule has 29 heteroatoms. The lowest BCUT2D eigenvalue weighted by Gasteiger charge is -2.44. The maximum absolute atomic E-state index is 15.1. The molecule has 0 unspecified atom stereocenters. The van der Waals surface area contributed by atoms with Crippen molar-refractivity contribution in [1.29, 1.82) is 0 Å². The Labute approximate surface area is 513 Å². The van der Waals surface area contributed by atoms with Crippen molar-refractivity contribution in [3.63, 3.8) is 0 Å². The van der Waals surface area contributed by atoms with Crippen LogP contribution >= 0.6 is 34.8 Å². The van der Waals surface area contributed by atoms with Crippen LogP contribution in [0.5, 0.6) is 0 Å². The number of carbonyl (C=O) groups excluding carboxylic acids is 4. The second-order valence-corrected chi connectivity index (χ2v) is 24.1. The van der Waals surface area contributed by atoms with Gasteiger partial charge in [0.2, 0.25) is 0 Å². The molecule has 2 fully saturated rings. The molecule has 24 nitrogen and oxygen atoms in total. The summed E-state index contributed by atoms with van der Waals surface area (Å²) in [6.45, 7) is 22.1. The molecule has 87 heavy (non-hydrogen) atoms. The number of aromatic nitrogens is 4. The van der Waals surface area contributed by atoms with Crippen LogP contribution in [0.2, 0.25) is 15.3 Å². The second kappa shape index (κ2) is 27.3. The number of anilines is 1. The molecule has 8 rings (SSSR count). The van der Waals surface area contributed by atoms with E-state index in [1.807, 2.05) is 55.4 Å². The van der Waals surface area contributed by atoms with E-state index in [0.717, 1.165) is 33.9 Å². The maximum Gasteiger partial charge on any atom is 0.410 e. The maximum atomic E-state index is 15.1. The van der Waals surface area contributed by atoms with Crippen molar-refractivity contribution in [3.8, 4) is 11.4 Å². The van der Waals surface area contributed by atoms with E-state index in [9.17, 15) is 53.4 Å². The molecule has 0 aliphatic carbocycles. The van der Waals surface area contributed by atoms with Gasteiger partial charge in [0, 0.05) is 30.6 Å². The summed E-state index contributed by atoms with van der Waals surface area (Å²) < 4.78 is 51.6. The van der Waals surface area contributed by atoms with Crippen molar-refractivity contribution >= 4 is 98.1 Å². The number of hydrogen-bond donors (Lipinski definition) is 1. The highest BCUT2D eigenvalue weighted by Crippen LogP contribution is 2.40. The number of fused-ring (bicyclic) bond motifs is 2. The third-order valence-electron chi connectivity index (χ3n) is 13.8. The molecule has 2 aliphatic heterocycles. The third kappa shape index (κ3) is 15.0. The first-order valence-electron chi connectivity index (χ1n) is 27.2. The van der Waals surface area contributed by atoms with Gasteiger partial charge < -0.3 is 39.0 Å². The summed E-state index contributed by atoms with van der Waals surface area (Å²) in [5.41, 5.74) is -3.52. The lowest BCUT2D eigenvalue weighted by atomic mass is 10.00. The number of esters is 2. The minimum absolute atomic E-state index is 0.0128. The van der Waals surface area contributed by atoms with Crippen LogP contribution in [0.15, 0.2) is 70.3 Å². The zero-order valence-corrected chi connectivity index (χ0v) is 52.5. The van der Waals surface area contributed by atoms with Gasteiger partial charge in [0.15, 0.2) is 33.2 Å². The van der Waals surface area contributed by atoms with Gasteiger partial charge >= 0.3 is 46.6 Å². The van der Waals surface area contributed by atoms with Gasteiger partial charge in [0.05, 0.1) is 53.9 Å². The molecule has 4 atom stereocenters. The molecular formula is C58H67Cl3F2N10O14. The highest BCUT2D eigenvalue weighted by Gasteiger charge is 2.45. The highest BCUT2D eigenvalue weighted by atomic mass is 35.5. The molecule has 2 saturated heterocycles. The fraction of sp³-hybridized carbons (Fsp3) is 0.448. The second-order valence-electron chi connectivity index (χ2n) is 23.0. The van der Waals surface area contributed by atoms with Crippen LogP contribution in [0.1, 0.15) is 106 Å². The van der Waals surface area contributed by atoms with Gasteiger partial charge in [0.25, 0.3) is 0 Å². The molecule has 6 aromatic rings. The number of benzene rings is 2. The molecule has 468 valence electrons. The molecule has 2 aromatic carbocycles. The fourth-order valence-corrected chi connectivity index (χ4v) is 10.3. The Kier molecular flexibility index (Phi) is 21.4. The van der Waals surface area contributed by atoms with E-state index in [1.54, 1.807) is 81.1 Å². The van der Waals surface area contributed by atoms with E-state index in [-0.39, 0.29) is 71.2 Å². The molecule has 1 N–H and O–H groups in total. The molecule has 6 heterocycles. The summed E-state index contributed by atoms with van der Waals surface area (Å²) in [4.78, 5) is 111. The number of pyridine rings is 4. The number of rotatable bonds is 9. The Bertz CT molecular complexity index is 3800. The van der Waals surface area contributed by atoms with Gasteiger partial charge in [0.1, 0.15) is 34.0 Å². The number of nitrogens with one attached hydrogen (secondary N) is 1. The molecule has 4 aromatic heterocycles. The SMILES string of the molecule is CC(C)c1ccccc1-n1c(=O)c([N+](=O)[O-])c(Cl)c2cc(F)c(Cl)nc21.COC(=O)[C@H]1CN(C(=O)OC(C)(C)C)[C@H](C)CN1.COC(=O)[C@H]1CN(C(=O)OC(C)(C)C)[C@H](C)CN1c1c([N+](=O)[O-])c(=O)n(-c2ccccc2C(C)C)c2nc(Cl)c(F)cc12. The number of nitrogens with zero attached hydrogens (tertiary/aromatic N) is 9. The number of halogens is 5. The Morgan fingerprint density at radius 2 is 1.08 bits per heavy atom. The van der Waals surface area contributed by atoms with Gasteiger partial charge in [-0.3, -0.25) is 43.7 Å². The van der Waals surface area contributed by atoms with Gasteiger partial charge in [-0.15, -0.1) is 0 Å². The number of amides is 2. The molecule has 0 spiro atoms. The largest absolute Gasteiger partial charge is 0.468 e. The van der Waals surface area contributed by atoms with E-state index < -0.39 is 107 Å². The van der Waals surface area contributed by atoms with Gasteiger partial charge in [-0.05, 0) is 103 Å². The van der Waals surface area contributed by atoms with Crippen molar-refractivity contribution in [2.45, 2.75) is 130 Å². The smallest absolute Gasteiger partial charge is 0.410 e. The predicted molar refractivity (Wildman–Crippen MR) is 323 cm³/mol. The van der Waals surface area contributed by atoms with Crippen LogP contribution < -0.4 is 21.3 Å². The summed E-state index contributed by atoms with van der Waals surface area (Å²) in [7, 11) is 2.46. The van der Waals surface area contributed by atoms with Crippen LogP contribution in [0.25, 0.3) is 33.4 Å². The number of nitro groups is 2. The minimum atomic E-state index is -1.31.